The fourth-order valence-electron chi connectivity index (χ4n) is 1.69. The number of hydrogen-bond acceptors (Lipinski definition) is 4. The molecule has 0 heterocycles. The maximum atomic E-state index is 5.22. The van der Waals surface area contributed by atoms with E-state index >= 15 is 0 Å². The average Bonchev–Trinajstić information content (AvgIpc) is 2.57. The van der Waals surface area contributed by atoms with E-state index in [1.807, 2.05) is 30.3 Å². The predicted octanol–water partition coefficient (Wildman–Crippen LogP) is 3.06. The van der Waals surface area contributed by atoms with Gasteiger partial charge in [-0.2, -0.15) is 25.3 Å². The number of methoxy groups -OCH3 is 1. The zero-order valence-electron chi connectivity index (χ0n) is 8.75. The standard InChI is InChI=1S/C12H12OS3/c1-13-8-4-2-7(3-5-8)9-6-10(14)12(16)11(9)15/h2-6,11-12,15-16H,1H3. The van der Waals surface area contributed by atoms with Crippen LogP contribution in [0.4, 0.5) is 0 Å². The van der Waals surface area contributed by atoms with Crippen LogP contribution in [0.1, 0.15) is 5.56 Å². The molecule has 4 heteroatoms. The van der Waals surface area contributed by atoms with Gasteiger partial charge in [0.25, 0.3) is 0 Å². The van der Waals surface area contributed by atoms with Gasteiger partial charge in [-0.15, -0.1) is 0 Å². The number of thiol groups is 2. The lowest BCUT2D eigenvalue weighted by Gasteiger charge is -2.13. The first-order valence-electron chi connectivity index (χ1n) is 4.89. The highest BCUT2D eigenvalue weighted by Crippen LogP contribution is 2.34. The van der Waals surface area contributed by atoms with Gasteiger partial charge in [0.1, 0.15) is 5.75 Å². The van der Waals surface area contributed by atoms with Crippen LogP contribution >= 0.6 is 37.5 Å². The van der Waals surface area contributed by atoms with Crippen LogP contribution in [-0.2, 0) is 0 Å². The average molecular weight is 268 g/mol. The third-order valence-electron chi connectivity index (χ3n) is 2.63. The quantitative estimate of drug-likeness (QED) is 0.630. The number of thiocarbonyl (C=S) groups is 1. The molecule has 2 unspecified atom stereocenters. The van der Waals surface area contributed by atoms with Gasteiger partial charge in [0.2, 0.25) is 0 Å². The summed E-state index contributed by atoms with van der Waals surface area (Å²) in [5, 5.41) is 0.111. The molecule has 0 N–H and O–H groups in total. The molecule has 1 aliphatic rings. The van der Waals surface area contributed by atoms with Crippen molar-refractivity contribution in [2.24, 2.45) is 0 Å². The zero-order chi connectivity index (χ0) is 11.7. The predicted molar refractivity (Wildman–Crippen MR) is 79.1 cm³/mol. The molecule has 0 saturated heterocycles. The Bertz CT molecular complexity index is 436. The van der Waals surface area contributed by atoms with Gasteiger partial charge in [-0.05, 0) is 29.3 Å². The van der Waals surface area contributed by atoms with Gasteiger partial charge in [0, 0.05) is 10.1 Å². The summed E-state index contributed by atoms with van der Waals surface area (Å²) in [4.78, 5) is 0.856. The normalized spacial score (nSPS) is 24.4. The Labute approximate surface area is 112 Å². The molecule has 16 heavy (non-hydrogen) atoms. The lowest BCUT2D eigenvalue weighted by Crippen LogP contribution is -2.15. The van der Waals surface area contributed by atoms with Crippen molar-refractivity contribution in [2.75, 3.05) is 7.11 Å². The van der Waals surface area contributed by atoms with Crippen molar-refractivity contribution in [2.45, 2.75) is 10.5 Å². The van der Waals surface area contributed by atoms with Crippen LogP contribution in [0.15, 0.2) is 30.3 Å². The first-order valence-corrected chi connectivity index (χ1v) is 6.33. The van der Waals surface area contributed by atoms with Crippen LogP contribution in [0, 0.1) is 0 Å². The molecule has 1 aliphatic carbocycles. The van der Waals surface area contributed by atoms with Gasteiger partial charge in [0.15, 0.2) is 0 Å². The lowest BCUT2D eigenvalue weighted by atomic mass is 10.1. The minimum atomic E-state index is 0.0374. The van der Waals surface area contributed by atoms with Crippen molar-refractivity contribution >= 4 is 47.9 Å². The number of hydrogen-bond donors (Lipinski definition) is 2. The summed E-state index contributed by atoms with van der Waals surface area (Å²) in [7, 11) is 1.66. The molecule has 0 aromatic heterocycles. The van der Waals surface area contributed by atoms with Crippen LogP contribution in [0.2, 0.25) is 0 Å². The molecule has 0 bridgehead atoms. The molecule has 84 valence electrons. The molecular formula is C12H12OS3. The van der Waals surface area contributed by atoms with Gasteiger partial charge in [-0.25, -0.2) is 0 Å². The molecule has 1 aromatic carbocycles. The Balaban J connectivity index is 2.31. The highest BCUT2D eigenvalue weighted by atomic mass is 32.1. The van der Waals surface area contributed by atoms with E-state index < -0.39 is 0 Å². The smallest absolute Gasteiger partial charge is 0.118 e. The van der Waals surface area contributed by atoms with Crippen molar-refractivity contribution in [3.63, 3.8) is 0 Å². The van der Waals surface area contributed by atoms with Crippen LogP contribution in [-0.4, -0.2) is 22.5 Å². The van der Waals surface area contributed by atoms with Gasteiger partial charge in [-0.1, -0.05) is 24.4 Å². The number of benzene rings is 1. The molecule has 0 spiro atoms. The second-order valence-electron chi connectivity index (χ2n) is 3.62. The highest BCUT2D eigenvalue weighted by Gasteiger charge is 2.28. The summed E-state index contributed by atoms with van der Waals surface area (Å²) in [6.07, 6.45) is 1.99. The van der Waals surface area contributed by atoms with E-state index in [0.717, 1.165) is 21.8 Å². The van der Waals surface area contributed by atoms with E-state index in [4.69, 9.17) is 17.0 Å². The third-order valence-corrected chi connectivity index (χ3v) is 4.56. The van der Waals surface area contributed by atoms with Crippen molar-refractivity contribution in [1.82, 2.24) is 0 Å². The van der Waals surface area contributed by atoms with Gasteiger partial charge in [-0.3, -0.25) is 0 Å². The molecule has 0 amide bonds. The molecule has 0 radical (unpaired) electrons. The summed E-state index contributed by atoms with van der Waals surface area (Å²) in [5.74, 6) is 0.850. The van der Waals surface area contributed by atoms with E-state index in [2.05, 4.69) is 25.3 Å². The Morgan fingerprint density at radius 3 is 2.19 bits per heavy atom. The Kier molecular flexibility index (Phi) is 3.62. The van der Waals surface area contributed by atoms with Crippen LogP contribution in [0.25, 0.3) is 5.57 Å². The first kappa shape index (κ1) is 12.0. The zero-order valence-corrected chi connectivity index (χ0v) is 11.4. The topological polar surface area (TPSA) is 9.23 Å². The number of allylic oxidation sites excluding steroid dienone is 1. The summed E-state index contributed by atoms with van der Waals surface area (Å²) >= 11 is 14.2. The van der Waals surface area contributed by atoms with Crippen molar-refractivity contribution in [3.8, 4) is 5.75 Å². The van der Waals surface area contributed by atoms with E-state index in [9.17, 15) is 0 Å². The fraction of sp³-hybridized carbons (Fsp3) is 0.250. The van der Waals surface area contributed by atoms with E-state index in [0.29, 0.717) is 0 Å². The summed E-state index contributed by atoms with van der Waals surface area (Å²) in [6, 6.07) is 7.90. The maximum absolute atomic E-state index is 5.22. The summed E-state index contributed by atoms with van der Waals surface area (Å²) in [5.41, 5.74) is 2.26. The Morgan fingerprint density at radius 2 is 1.75 bits per heavy atom. The molecule has 0 fully saturated rings. The molecular weight excluding hydrogens is 256 g/mol. The molecule has 1 nitrogen and oxygen atoms in total. The van der Waals surface area contributed by atoms with Gasteiger partial charge in [0.05, 0.1) is 12.4 Å². The SMILES string of the molecule is COc1ccc(C2=CC(=S)C(S)C2S)cc1. The molecule has 2 rings (SSSR count). The number of ether oxygens (including phenoxy) is 1. The fourth-order valence-corrected chi connectivity index (χ4v) is 2.67. The Morgan fingerprint density at radius 1 is 1.12 bits per heavy atom. The second-order valence-corrected chi connectivity index (χ2v) is 5.20. The van der Waals surface area contributed by atoms with Crippen molar-refractivity contribution in [3.05, 3.63) is 35.9 Å². The lowest BCUT2D eigenvalue weighted by molar-refractivity contribution is 0.415. The van der Waals surface area contributed by atoms with E-state index in [1.54, 1.807) is 7.11 Å². The van der Waals surface area contributed by atoms with Crippen LogP contribution < -0.4 is 4.74 Å². The van der Waals surface area contributed by atoms with Crippen molar-refractivity contribution in [1.29, 1.82) is 0 Å². The van der Waals surface area contributed by atoms with E-state index in [1.165, 1.54) is 0 Å². The third kappa shape index (κ3) is 2.14. The van der Waals surface area contributed by atoms with Crippen molar-refractivity contribution < 1.29 is 4.74 Å². The highest BCUT2D eigenvalue weighted by molar-refractivity contribution is 7.89. The monoisotopic (exact) mass is 268 g/mol. The first-order chi connectivity index (χ1) is 7.63. The Hall–Kier alpha value is -0.450. The minimum absolute atomic E-state index is 0.0374. The minimum Gasteiger partial charge on any atom is -0.497 e. The van der Waals surface area contributed by atoms with Gasteiger partial charge >= 0.3 is 0 Å². The van der Waals surface area contributed by atoms with Gasteiger partial charge < -0.3 is 4.74 Å². The maximum Gasteiger partial charge on any atom is 0.118 e. The molecule has 0 aliphatic heterocycles. The van der Waals surface area contributed by atoms with Crippen LogP contribution in [0.5, 0.6) is 5.75 Å². The van der Waals surface area contributed by atoms with Crippen LogP contribution in [0.3, 0.4) is 0 Å². The second kappa shape index (κ2) is 4.82. The molecule has 1 aromatic rings. The summed E-state index contributed by atoms with van der Waals surface area (Å²) < 4.78 is 5.12. The number of rotatable bonds is 2. The van der Waals surface area contributed by atoms with E-state index in [-0.39, 0.29) is 10.5 Å². The molecule has 2 atom stereocenters. The molecule has 0 saturated carbocycles. The summed E-state index contributed by atoms with van der Waals surface area (Å²) in [6.45, 7) is 0. The largest absolute Gasteiger partial charge is 0.497 e.